The van der Waals surface area contributed by atoms with Crippen LogP contribution in [0.2, 0.25) is 4.34 Å². The summed E-state index contributed by atoms with van der Waals surface area (Å²) < 4.78 is 0.764. The molecule has 2 heterocycles. The van der Waals surface area contributed by atoms with Crippen LogP contribution in [0.25, 0.3) is 0 Å². The van der Waals surface area contributed by atoms with Crippen molar-refractivity contribution in [2.75, 3.05) is 6.54 Å². The molecule has 0 aromatic carbocycles. The predicted octanol–water partition coefficient (Wildman–Crippen LogP) is 2.58. The zero-order chi connectivity index (χ0) is 11.4. The van der Waals surface area contributed by atoms with Gasteiger partial charge in [-0.15, -0.1) is 23.7 Å². The Hall–Kier alpha value is -0.290. The summed E-state index contributed by atoms with van der Waals surface area (Å²) in [5, 5.41) is 6.16. The fourth-order valence-corrected chi connectivity index (χ4v) is 2.85. The zero-order valence-electron chi connectivity index (χ0n) is 9.37. The minimum absolute atomic E-state index is 0. The number of nitrogens with one attached hydrogen (secondary N) is 2. The Morgan fingerprint density at radius 1 is 1.53 bits per heavy atom. The number of piperidine rings is 1. The van der Waals surface area contributed by atoms with Gasteiger partial charge in [-0.25, -0.2) is 0 Å². The van der Waals surface area contributed by atoms with Crippen molar-refractivity contribution in [1.82, 2.24) is 10.6 Å². The molecule has 0 saturated carbocycles. The van der Waals surface area contributed by atoms with Gasteiger partial charge in [0, 0.05) is 4.88 Å². The highest BCUT2D eigenvalue weighted by atomic mass is 35.5. The standard InChI is InChI=1S/C11H15ClN2OS.ClH/c12-10-5-4-8(16-10)7-14-11(15)9-3-1-2-6-13-9;/h4-5,9,13H,1-3,6-7H2,(H,14,15);1H/t9-;/m0./s1. The summed E-state index contributed by atoms with van der Waals surface area (Å²) in [6, 6.07) is 3.79. The summed E-state index contributed by atoms with van der Waals surface area (Å²) in [5.74, 6) is 0.101. The summed E-state index contributed by atoms with van der Waals surface area (Å²) in [6.07, 6.45) is 3.25. The van der Waals surface area contributed by atoms with Crippen LogP contribution in [-0.2, 0) is 11.3 Å². The first-order valence-corrected chi connectivity index (χ1v) is 6.70. The lowest BCUT2D eigenvalue weighted by Gasteiger charge is -2.22. The van der Waals surface area contributed by atoms with Crippen LogP contribution < -0.4 is 10.6 Å². The first-order valence-electron chi connectivity index (χ1n) is 5.51. The van der Waals surface area contributed by atoms with Gasteiger partial charge in [0.25, 0.3) is 0 Å². The first-order chi connectivity index (χ1) is 7.75. The maximum atomic E-state index is 11.8. The van der Waals surface area contributed by atoms with E-state index < -0.39 is 0 Å². The quantitative estimate of drug-likeness (QED) is 0.900. The Bertz CT molecular complexity index is 364. The highest BCUT2D eigenvalue weighted by Crippen LogP contribution is 2.21. The van der Waals surface area contributed by atoms with E-state index in [4.69, 9.17) is 11.6 Å². The van der Waals surface area contributed by atoms with Crippen molar-refractivity contribution >= 4 is 41.3 Å². The molecular weight excluding hydrogens is 279 g/mol. The molecule has 1 fully saturated rings. The lowest BCUT2D eigenvalue weighted by Crippen LogP contribution is -2.46. The van der Waals surface area contributed by atoms with Gasteiger partial charge in [0.2, 0.25) is 5.91 Å². The van der Waals surface area contributed by atoms with E-state index in [0.29, 0.717) is 6.54 Å². The zero-order valence-corrected chi connectivity index (χ0v) is 11.8. The van der Waals surface area contributed by atoms with Crippen LogP contribution >= 0.6 is 35.3 Å². The fourth-order valence-electron chi connectivity index (χ4n) is 1.82. The third-order valence-corrected chi connectivity index (χ3v) is 3.92. The van der Waals surface area contributed by atoms with Crippen molar-refractivity contribution < 1.29 is 4.79 Å². The van der Waals surface area contributed by atoms with Gasteiger partial charge < -0.3 is 10.6 Å². The molecule has 1 amide bonds. The second-order valence-electron chi connectivity index (χ2n) is 3.93. The van der Waals surface area contributed by atoms with Crippen LogP contribution in [0.1, 0.15) is 24.1 Å². The molecule has 2 N–H and O–H groups in total. The highest BCUT2D eigenvalue weighted by molar-refractivity contribution is 7.16. The number of hydrogen-bond acceptors (Lipinski definition) is 3. The number of hydrogen-bond donors (Lipinski definition) is 2. The van der Waals surface area contributed by atoms with E-state index in [2.05, 4.69) is 10.6 Å². The van der Waals surface area contributed by atoms with E-state index in [9.17, 15) is 4.79 Å². The summed E-state index contributed by atoms with van der Waals surface area (Å²) in [6.45, 7) is 1.53. The maximum absolute atomic E-state index is 11.8. The van der Waals surface area contributed by atoms with Gasteiger partial charge >= 0.3 is 0 Å². The lowest BCUT2D eigenvalue weighted by molar-refractivity contribution is -0.123. The van der Waals surface area contributed by atoms with Gasteiger partial charge in [0.05, 0.1) is 16.9 Å². The first kappa shape index (κ1) is 14.8. The van der Waals surface area contributed by atoms with Crippen molar-refractivity contribution in [3.8, 4) is 0 Å². The van der Waals surface area contributed by atoms with E-state index >= 15 is 0 Å². The van der Waals surface area contributed by atoms with E-state index in [1.165, 1.54) is 17.8 Å². The molecular formula is C11H16Cl2N2OS. The Labute approximate surface area is 116 Å². The molecule has 2 rings (SSSR count). The molecule has 96 valence electrons. The Balaban J connectivity index is 0.00000144. The number of amides is 1. The van der Waals surface area contributed by atoms with Crippen LogP contribution in [-0.4, -0.2) is 18.5 Å². The van der Waals surface area contributed by atoms with Gasteiger partial charge in [-0.2, -0.15) is 0 Å². The second kappa shape index (κ2) is 7.21. The predicted molar refractivity (Wildman–Crippen MR) is 74.1 cm³/mol. The Morgan fingerprint density at radius 3 is 2.94 bits per heavy atom. The van der Waals surface area contributed by atoms with Gasteiger partial charge in [-0.1, -0.05) is 18.0 Å². The molecule has 0 aliphatic carbocycles. The molecule has 1 atom stereocenters. The summed E-state index contributed by atoms with van der Waals surface area (Å²) in [4.78, 5) is 12.9. The number of halogens is 2. The third-order valence-electron chi connectivity index (χ3n) is 2.69. The van der Waals surface area contributed by atoms with Crippen molar-refractivity contribution in [2.45, 2.75) is 31.8 Å². The van der Waals surface area contributed by atoms with Crippen molar-refractivity contribution in [3.05, 3.63) is 21.3 Å². The molecule has 0 bridgehead atoms. The van der Waals surface area contributed by atoms with Gasteiger partial charge in [-0.3, -0.25) is 4.79 Å². The summed E-state index contributed by atoms with van der Waals surface area (Å²) >= 11 is 7.32. The third kappa shape index (κ3) is 4.47. The van der Waals surface area contributed by atoms with E-state index in [0.717, 1.165) is 28.6 Å². The molecule has 1 aromatic rings. The van der Waals surface area contributed by atoms with Gasteiger partial charge in [0.15, 0.2) is 0 Å². The van der Waals surface area contributed by atoms with Gasteiger partial charge in [-0.05, 0) is 31.5 Å². The van der Waals surface area contributed by atoms with Crippen molar-refractivity contribution in [3.63, 3.8) is 0 Å². The van der Waals surface area contributed by atoms with Crippen LogP contribution in [0, 0.1) is 0 Å². The van der Waals surface area contributed by atoms with Crippen molar-refractivity contribution in [2.24, 2.45) is 0 Å². The number of thiophene rings is 1. The molecule has 1 aromatic heterocycles. The van der Waals surface area contributed by atoms with Gasteiger partial charge in [0.1, 0.15) is 0 Å². The SMILES string of the molecule is Cl.O=C(NCc1ccc(Cl)s1)[C@@H]1CCCCN1. The molecule has 0 radical (unpaired) electrons. The second-order valence-corrected chi connectivity index (χ2v) is 5.73. The molecule has 0 unspecified atom stereocenters. The minimum atomic E-state index is -0.0100. The lowest BCUT2D eigenvalue weighted by atomic mass is 10.0. The molecule has 0 spiro atoms. The van der Waals surface area contributed by atoms with Crippen LogP contribution in [0.15, 0.2) is 12.1 Å². The number of carbonyl (C=O) groups excluding carboxylic acids is 1. The molecule has 6 heteroatoms. The molecule has 1 aliphatic heterocycles. The Kier molecular flexibility index (Phi) is 6.27. The maximum Gasteiger partial charge on any atom is 0.237 e. The average Bonchev–Trinajstić information content (AvgIpc) is 2.73. The fraction of sp³-hybridized carbons (Fsp3) is 0.545. The molecule has 3 nitrogen and oxygen atoms in total. The Morgan fingerprint density at radius 2 is 2.35 bits per heavy atom. The van der Waals surface area contributed by atoms with E-state index in [1.54, 1.807) is 0 Å². The van der Waals surface area contributed by atoms with E-state index in [1.807, 2.05) is 12.1 Å². The van der Waals surface area contributed by atoms with Crippen LogP contribution in [0.3, 0.4) is 0 Å². The highest BCUT2D eigenvalue weighted by Gasteiger charge is 2.19. The molecule has 1 saturated heterocycles. The topological polar surface area (TPSA) is 41.1 Å². The monoisotopic (exact) mass is 294 g/mol. The number of carbonyl (C=O) groups is 1. The van der Waals surface area contributed by atoms with Crippen LogP contribution in [0.5, 0.6) is 0 Å². The smallest absolute Gasteiger partial charge is 0.237 e. The largest absolute Gasteiger partial charge is 0.350 e. The minimum Gasteiger partial charge on any atom is -0.350 e. The molecule has 1 aliphatic rings. The van der Waals surface area contributed by atoms with Crippen LogP contribution in [0.4, 0.5) is 0 Å². The molecule has 17 heavy (non-hydrogen) atoms. The average molecular weight is 295 g/mol. The van der Waals surface area contributed by atoms with Crippen molar-refractivity contribution in [1.29, 1.82) is 0 Å². The summed E-state index contributed by atoms with van der Waals surface area (Å²) in [7, 11) is 0. The van der Waals surface area contributed by atoms with E-state index in [-0.39, 0.29) is 24.4 Å². The number of rotatable bonds is 3. The normalized spacial score (nSPS) is 19.5. The summed E-state index contributed by atoms with van der Waals surface area (Å²) in [5.41, 5.74) is 0.